The van der Waals surface area contributed by atoms with Gasteiger partial charge in [0.25, 0.3) is 5.22 Å². The van der Waals surface area contributed by atoms with Gasteiger partial charge in [-0.15, -0.1) is 0 Å². The summed E-state index contributed by atoms with van der Waals surface area (Å²) in [5.74, 6) is -1.16. The van der Waals surface area contributed by atoms with E-state index < -0.39 is 12.0 Å². The van der Waals surface area contributed by atoms with Gasteiger partial charge in [0.05, 0.1) is 0 Å². The first-order valence-electron chi connectivity index (χ1n) is 5.16. The van der Waals surface area contributed by atoms with Crippen molar-refractivity contribution in [1.82, 2.24) is 14.3 Å². The van der Waals surface area contributed by atoms with Gasteiger partial charge in [0.15, 0.2) is 9.92 Å². The highest BCUT2D eigenvalue weighted by molar-refractivity contribution is 8.00. The van der Waals surface area contributed by atoms with E-state index >= 15 is 0 Å². The molecule has 2 N–H and O–H groups in total. The number of halogens is 3. The van der Waals surface area contributed by atoms with Crippen LogP contribution in [-0.4, -0.2) is 14.3 Å². The highest BCUT2D eigenvalue weighted by atomic mass is 32.2. The van der Waals surface area contributed by atoms with E-state index in [0.717, 1.165) is 11.8 Å². The number of oxazole rings is 1. The normalized spacial score (nSPS) is 12.2. The van der Waals surface area contributed by atoms with E-state index in [9.17, 15) is 13.2 Å². The third-order valence-corrected chi connectivity index (χ3v) is 3.83. The molecule has 0 bridgehead atoms. The quantitative estimate of drug-likeness (QED) is 0.729. The molecule has 2 aromatic heterocycles. The Bertz CT molecular complexity index is 767. The minimum atomic E-state index is -4.55. The number of hydrogen-bond donors (Lipinski definition) is 1. The van der Waals surface area contributed by atoms with Gasteiger partial charge >= 0.3 is 6.18 Å². The molecule has 104 valence electrons. The third-order valence-electron chi connectivity index (χ3n) is 2.23. The fraction of sp³-hybridized carbons (Fsp3) is 0.100. The molecule has 1 aromatic carbocycles. The van der Waals surface area contributed by atoms with Gasteiger partial charge in [-0.1, -0.05) is 0 Å². The smallest absolute Gasteiger partial charge is 0.431 e. The Labute approximate surface area is 118 Å². The van der Waals surface area contributed by atoms with Gasteiger partial charge < -0.3 is 10.2 Å². The van der Waals surface area contributed by atoms with Crippen LogP contribution < -0.4 is 5.73 Å². The molecule has 3 rings (SSSR count). The largest absolute Gasteiger partial charge is 0.452 e. The van der Waals surface area contributed by atoms with Gasteiger partial charge in [0.1, 0.15) is 5.52 Å². The lowest BCUT2D eigenvalue weighted by atomic mass is 10.3. The van der Waals surface area contributed by atoms with Crippen molar-refractivity contribution in [3.05, 3.63) is 24.0 Å². The number of hydrogen-bond acceptors (Lipinski definition) is 7. The monoisotopic (exact) mass is 318 g/mol. The molecular formula is C10H5F3N4OS2. The first-order valence-corrected chi connectivity index (χ1v) is 6.75. The predicted octanol–water partition coefficient (Wildman–Crippen LogP) is 3.43. The summed E-state index contributed by atoms with van der Waals surface area (Å²) in [7, 11) is 0. The second kappa shape index (κ2) is 4.63. The number of anilines is 1. The molecule has 0 fully saturated rings. The number of nitrogens with two attached hydrogens (primary N) is 1. The van der Waals surface area contributed by atoms with Gasteiger partial charge in [-0.05, 0) is 29.7 Å². The maximum atomic E-state index is 12.4. The van der Waals surface area contributed by atoms with E-state index in [1.165, 1.54) is 0 Å². The highest BCUT2D eigenvalue weighted by Crippen LogP contribution is 2.34. The Morgan fingerprint density at radius 2 is 2.05 bits per heavy atom. The van der Waals surface area contributed by atoms with Gasteiger partial charge in [0.2, 0.25) is 5.82 Å². The molecule has 0 saturated carbocycles. The fourth-order valence-corrected chi connectivity index (χ4v) is 2.88. The molecule has 3 aromatic rings. The zero-order chi connectivity index (χ0) is 14.3. The lowest BCUT2D eigenvalue weighted by Crippen LogP contribution is -2.06. The van der Waals surface area contributed by atoms with E-state index in [1.807, 2.05) is 0 Å². The summed E-state index contributed by atoms with van der Waals surface area (Å²) >= 11 is 1.52. The van der Waals surface area contributed by atoms with Crippen LogP contribution in [-0.2, 0) is 6.18 Å². The summed E-state index contributed by atoms with van der Waals surface area (Å²) in [6, 6.07) is 4.90. The average molecular weight is 318 g/mol. The third kappa shape index (κ3) is 2.56. The number of nitrogen functional groups attached to an aromatic ring is 1. The van der Waals surface area contributed by atoms with E-state index in [1.54, 1.807) is 18.2 Å². The van der Waals surface area contributed by atoms with Crippen LogP contribution >= 0.6 is 23.3 Å². The topological polar surface area (TPSA) is 77.8 Å². The van der Waals surface area contributed by atoms with Crippen molar-refractivity contribution in [2.24, 2.45) is 0 Å². The molecular weight excluding hydrogens is 313 g/mol. The van der Waals surface area contributed by atoms with Crippen LogP contribution in [0.4, 0.5) is 18.9 Å². The van der Waals surface area contributed by atoms with Crippen molar-refractivity contribution in [3.63, 3.8) is 0 Å². The minimum absolute atomic E-state index is 0.108. The molecule has 2 heterocycles. The lowest BCUT2D eigenvalue weighted by molar-refractivity contribution is -0.144. The summed E-state index contributed by atoms with van der Waals surface area (Å²) in [5, 5.41) is 0.190. The molecule has 0 atom stereocenters. The molecule has 0 aliphatic carbocycles. The molecule has 20 heavy (non-hydrogen) atoms. The van der Waals surface area contributed by atoms with E-state index in [0.29, 0.717) is 28.3 Å². The summed E-state index contributed by atoms with van der Waals surface area (Å²) in [5.41, 5.74) is 7.17. The molecule has 0 unspecified atom stereocenters. The van der Waals surface area contributed by atoms with Crippen molar-refractivity contribution in [3.8, 4) is 0 Å². The molecule has 0 radical (unpaired) electrons. The van der Waals surface area contributed by atoms with Crippen LogP contribution in [0.25, 0.3) is 11.1 Å². The second-order valence-corrected chi connectivity index (χ2v) is 5.64. The molecule has 0 saturated heterocycles. The molecule has 5 nitrogen and oxygen atoms in total. The summed E-state index contributed by atoms with van der Waals surface area (Å²) < 4.78 is 45.8. The maximum absolute atomic E-state index is 12.4. The standard InChI is InChI=1S/C10H5F3N4OS2/c11-10(12,13)7-16-9(20-17-7)19-8-15-5-3-4(14)1-2-6(5)18-8/h1-3H,14H2. The Morgan fingerprint density at radius 3 is 2.75 bits per heavy atom. The molecule has 0 amide bonds. The van der Waals surface area contributed by atoms with E-state index in [-0.39, 0.29) is 9.56 Å². The SMILES string of the molecule is Nc1ccc2oc(Sc3nc(C(F)(F)F)ns3)nc2c1. The van der Waals surface area contributed by atoms with Crippen LogP contribution in [0.3, 0.4) is 0 Å². The number of rotatable bonds is 2. The number of aromatic nitrogens is 3. The molecule has 10 heteroatoms. The average Bonchev–Trinajstić information content (AvgIpc) is 2.94. The zero-order valence-corrected chi connectivity index (χ0v) is 11.1. The highest BCUT2D eigenvalue weighted by Gasteiger charge is 2.36. The zero-order valence-electron chi connectivity index (χ0n) is 9.51. The van der Waals surface area contributed by atoms with Gasteiger partial charge in [-0.3, -0.25) is 0 Å². The van der Waals surface area contributed by atoms with Crippen LogP contribution in [0.2, 0.25) is 0 Å². The van der Waals surface area contributed by atoms with E-state index in [4.69, 9.17) is 10.2 Å². The number of nitrogens with zero attached hydrogens (tertiary/aromatic N) is 3. The van der Waals surface area contributed by atoms with Gasteiger partial charge in [-0.2, -0.15) is 17.5 Å². The molecule has 0 aliphatic rings. The van der Waals surface area contributed by atoms with Crippen molar-refractivity contribution in [2.75, 3.05) is 5.73 Å². The van der Waals surface area contributed by atoms with Crippen LogP contribution in [0.1, 0.15) is 5.82 Å². The van der Waals surface area contributed by atoms with Gasteiger partial charge in [-0.25, -0.2) is 9.97 Å². The van der Waals surface area contributed by atoms with Crippen LogP contribution in [0.5, 0.6) is 0 Å². The number of benzene rings is 1. The number of alkyl halides is 3. The Hall–Kier alpha value is -1.81. The summed E-state index contributed by atoms with van der Waals surface area (Å²) in [6.07, 6.45) is -4.55. The van der Waals surface area contributed by atoms with Crippen molar-refractivity contribution in [2.45, 2.75) is 15.7 Å². The summed E-state index contributed by atoms with van der Waals surface area (Å²) in [4.78, 5) is 7.50. The van der Waals surface area contributed by atoms with E-state index in [2.05, 4.69) is 14.3 Å². The van der Waals surface area contributed by atoms with Gasteiger partial charge in [0, 0.05) is 17.4 Å². The first-order chi connectivity index (χ1) is 9.41. The Balaban J connectivity index is 1.87. The van der Waals surface area contributed by atoms with Crippen LogP contribution in [0.15, 0.2) is 32.2 Å². The fourth-order valence-electron chi connectivity index (χ4n) is 1.41. The van der Waals surface area contributed by atoms with Crippen molar-refractivity contribution < 1.29 is 17.6 Å². The maximum Gasteiger partial charge on any atom is 0.452 e. The summed E-state index contributed by atoms with van der Waals surface area (Å²) in [6.45, 7) is 0. The predicted molar refractivity (Wildman–Crippen MR) is 67.5 cm³/mol. The van der Waals surface area contributed by atoms with Crippen molar-refractivity contribution >= 4 is 40.1 Å². The number of fused-ring (bicyclic) bond motifs is 1. The van der Waals surface area contributed by atoms with Crippen LogP contribution in [0, 0.1) is 0 Å². The Morgan fingerprint density at radius 1 is 1.25 bits per heavy atom. The first kappa shape index (κ1) is 13.2. The second-order valence-electron chi connectivity index (χ2n) is 3.69. The lowest BCUT2D eigenvalue weighted by Gasteiger charge is -1.97. The molecule has 0 aliphatic heterocycles. The minimum Gasteiger partial charge on any atom is -0.431 e. The Kier molecular flexibility index (Phi) is 3.05. The van der Waals surface area contributed by atoms with Crippen molar-refractivity contribution in [1.29, 1.82) is 0 Å². The molecule has 0 spiro atoms.